The van der Waals surface area contributed by atoms with Crippen LogP contribution >= 0.6 is 11.8 Å². The molecule has 1 aromatic heterocycles. The van der Waals surface area contributed by atoms with E-state index in [1.54, 1.807) is 25.1 Å². The van der Waals surface area contributed by atoms with Crippen molar-refractivity contribution in [3.05, 3.63) is 47.3 Å². The number of aromatic nitrogens is 2. The lowest BCUT2D eigenvalue weighted by atomic mass is 10.1. The van der Waals surface area contributed by atoms with Gasteiger partial charge >= 0.3 is 11.9 Å². The van der Waals surface area contributed by atoms with Crippen LogP contribution in [-0.4, -0.2) is 35.6 Å². The number of nitrogens with one attached hydrogen (secondary N) is 1. The summed E-state index contributed by atoms with van der Waals surface area (Å²) in [5.41, 5.74) is 1.79. The number of esters is 2. The maximum absolute atomic E-state index is 11.5. The van der Waals surface area contributed by atoms with Gasteiger partial charge in [0.2, 0.25) is 0 Å². The van der Waals surface area contributed by atoms with Gasteiger partial charge in [0.25, 0.3) is 0 Å². The molecule has 1 N–H and O–H groups in total. The summed E-state index contributed by atoms with van der Waals surface area (Å²) in [7, 11) is 1.35. The van der Waals surface area contributed by atoms with Gasteiger partial charge in [-0.2, -0.15) is 0 Å². The summed E-state index contributed by atoms with van der Waals surface area (Å²) in [6, 6.07) is 7.18. The van der Waals surface area contributed by atoms with E-state index in [4.69, 9.17) is 9.47 Å². The lowest BCUT2D eigenvalue weighted by Crippen LogP contribution is -2.04. The van der Waals surface area contributed by atoms with E-state index in [0.717, 1.165) is 5.56 Å². The van der Waals surface area contributed by atoms with Gasteiger partial charge in [-0.3, -0.25) is 0 Å². The summed E-state index contributed by atoms with van der Waals surface area (Å²) < 4.78 is 9.58. The van der Waals surface area contributed by atoms with Crippen molar-refractivity contribution in [3.8, 4) is 0 Å². The van der Waals surface area contributed by atoms with Crippen LogP contribution in [0.25, 0.3) is 0 Å². The molecule has 1 heterocycles. The third-order valence-corrected chi connectivity index (χ3v) is 3.73. The molecule has 2 rings (SSSR count). The number of nitrogens with zero attached hydrogens (tertiary/aromatic N) is 1. The van der Waals surface area contributed by atoms with Crippen LogP contribution in [0.2, 0.25) is 0 Å². The van der Waals surface area contributed by atoms with Crippen LogP contribution in [0.3, 0.4) is 0 Å². The van der Waals surface area contributed by atoms with Crippen LogP contribution in [-0.2, 0) is 15.2 Å². The van der Waals surface area contributed by atoms with Gasteiger partial charge in [-0.25, -0.2) is 14.6 Å². The second kappa shape index (κ2) is 7.65. The van der Waals surface area contributed by atoms with Crippen LogP contribution < -0.4 is 0 Å². The SMILES string of the molecule is CCOC(=O)c1cnc(SCc2cccc(C(=O)OC)c2)[nH]1. The molecule has 7 heteroatoms. The molecule has 6 nitrogen and oxygen atoms in total. The molecule has 0 aliphatic rings. The van der Waals surface area contributed by atoms with E-state index < -0.39 is 5.97 Å². The lowest BCUT2D eigenvalue weighted by molar-refractivity contribution is 0.0518. The van der Waals surface area contributed by atoms with Crippen molar-refractivity contribution in [2.75, 3.05) is 13.7 Å². The molecule has 0 radical (unpaired) electrons. The highest BCUT2D eigenvalue weighted by molar-refractivity contribution is 7.98. The van der Waals surface area contributed by atoms with Gasteiger partial charge in [0.15, 0.2) is 5.16 Å². The van der Waals surface area contributed by atoms with Crippen LogP contribution in [0.5, 0.6) is 0 Å². The van der Waals surface area contributed by atoms with Gasteiger partial charge in [0, 0.05) is 5.75 Å². The Morgan fingerprint density at radius 3 is 2.86 bits per heavy atom. The number of aromatic amines is 1. The van der Waals surface area contributed by atoms with Gasteiger partial charge < -0.3 is 14.5 Å². The Labute approximate surface area is 132 Å². The maximum Gasteiger partial charge on any atom is 0.356 e. The quantitative estimate of drug-likeness (QED) is 0.651. The van der Waals surface area contributed by atoms with E-state index in [-0.39, 0.29) is 5.97 Å². The fraction of sp³-hybridized carbons (Fsp3) is 0.267. The fourth-order valence-electron chi connectivity index (χ4n) is 1.75. The molecule has 0 unspecified atom stereocenters. The Balaban J connectivity index is 1.98. The summed E-state index contributed by atoms with van der Waals surface area (Å²) in [5, 5.41) is 0.617. The number of methoxy groups -OCH3 is 1. The van der Waals surface area contributed by atoms with Crippen LogP contribution in [0, 0.1) is 0 Å². The maximum atomic E-state index is 11.5. The topological polar surface area (TPSA) is 81.3 Å². The van der Waals surface area contributed by atoms with Crippen molar-refractivity contribution in [1.29, 1.82) is 0 Å². The number of carbonyl (C=O) groups is 2. The Hall–Kier alpha value is -2.28. The minimum absolute atomic E-state index is 0.320. The molecule has 0 bridgehead atoms. The van der Waals surface area contributed by atoms with E-state index >= 15 is 0 Å². The number of thioether (sulfide) groups is 1. The van der Waals surface area contributed by atoms with E-state index in [1.807, 2.05) is 6.07 Å². The first-order valence-corrected chi connectivity index (χ1v) is 7.64. The number of H-pyrrole nitrogens is 1. The first kappa shape index (κ1) is 16.1. The molecule has 0 atom stereocenters. The number of benzene rings is 1. The van der Waals surface area contributed by atoms with Gasteiger partial charge in [0.05, 0.1) is 25.5 Å². The summed E-state index contributed by atoms with van der Waals surface area (Å²) in [6.07, 6.45) is 1.45. The Morgan fingerprint density at radius 2 is 2.14 bits per heavy atom. The largest absolute Gasteiger partial charge is 0.465 e. The van der Waals surface area contributed by atoms with Crippen LogP contribution in [0.4, 0.5) is 0 Å². The number of imidazole rings is 1. The van der Waals surface area contributed by atoms with E-state index in [0.29, 0.717) is 28.8 Å². The predicted molar refractivity (Wildman–Crippen MR) is 81.9 cm³/mol. The van der Waals surface area contributed by atoms with Gasteiger partial charge in [0.1, 0.15) is 5.69 Å². The average Bonchev–Trinajstić information content (AvgIpc) is 3.02. The molecule has 0 saturated heterocycles. The van der Waals surface area contributed by atoms with Crippen molar-refractivity contribution in [3.63, 3.8) is 0 Å². The standard InChI is InChI=1S/C15H16N2O4S/c1-3-21-14(19)12-8-16-15(17-12)22-9-10-5-4-6-11(7-10)13(18)20-2/h4-8H,3,9H2,1-2H3,(H,16,17). The van der Waals surface area contributed by atoms with Crippen LogP contribution in [0.1, 0.15) is 33.3 Å². The molecule has 0 saturated carbocycles. The van der Waals surface area contributed by atoms with Crippen molar-refractivity contribution < 1.29 is 19.1 Å². The zero-order chi connectivity index (χ0) is 15.9. The van der Waals surface area contributed by atoms with Gasteiger partial charge in [-0.1, -0.05) is 23.9 Å². The molecule has 22 heavy (non-hydrogen) atoms. The first-order valence-electron chi connectivity index (χ1n) is 6.66. The molecule has 0 fully saturated rings. The third kappa shape index (κ3) is 4.11. The lowest BCUT2D eigenvalue weighted by Gasteiger charge is -2.03. The molecular weight excluding hydrogens is 304 g/mol. The number of rotatable bonds is 6. The minimum atomic E-state index is -0.422. The Morgan fingerprint density at radius 1 is 1.32 bits per heavy atom. The number of hydrogen-bond donors (Lipinski definition) is 1. The van der Waals surface area contributed by atoms with Gasteiger partial charge in [-0.15, -0.1) is 0 Å². The fourth-order valence-corrected chi connectivity index (χ4v) is 2.54. The molecule has 0 amide bonds. The highest BCUT2D eigenvalue weighted by Crippen LogP contribution is 2.20. The summed E-state index contributed by atoms with van der Waals surface area (Å²) in [6.45, 7) is 2.07. The zero-order valence-electron chi connectivity index (χ0n) is 12.3. The van der Waals surface area contributed by atoms with Crippen molar-refractivity contribution in [1.82, 2.24) is 9.97 Å². The second-order valence-corrected chi connectivity index (χ2v) is 5.27. The number of ether oxygens (including phenoxy) is 2. The highest BCUT2D eigenvalue weighted by Gasteiger charge is 2.11. The molecule has 0 spiro atoms. The normalized spacial score (nSPS) is 10.3. The van der Waals surface area contributed by atoms with Gasteiger partial charge in [-0.05, 0) is 24.6 Å². The second-order valence-electron chi connectivity index (χ2n) is 4.30. The summed E-state index contributed by atoms with van der Waals surface area (Å²) in [4.78, 5) is 30.0. The zero-order valence-corrected chi connectivity index (χ0v) is 13.1. The van der Waals surface area contributed by atoms with E-state index in [2.05, 4.69) is 9.97 Å². The van der Waals surface area contributed by atoms with Crippen molar-refractivity contribution in [2.24, 2.45) is 0 Å². The van der Waals surface area contributed by atoms with Crippen molar-refractivity contribution >= 4 is 23.7 Å². The Kier molecular flexibility index (Phi) is 5.60. The first-order chi connectivity index (χ1) is 10.6. The Bertz CT molecular complexity index is 669. The predicted octanol–water partition coefficient (Wildman–Crippen LogP) is 2.67. The number of carbonyl (C=O) groups excluding carboxylic acids is 2. The highest BCUT2D eigenvalue weighted by atomic mass is 32.2. The molecule has 2 aromatic rings. The van der Waals surface area contributed by atoms with Crippen LogP contribution in [0.15, 0.2) is 35.6 Å². The minimum Gasteiger partial charge on any atom is -0.465 e. The molecule has 1 aromatic carbocycles. The smallest absolute Gasteiger partial charge is 0.356 e. The summed E-state index contributed by atoms with van der Waals surface area (Å²) >= 11 is 1.43. The van der Waals surface area contributed by atoms with Crippen molar-refractivity contribution in [2.45, 2.75) is 17.8 Å². The third-order valence-electron chi connectivity index (χ3n) is 2.77. The molecule has 0 aliphatic heterocycles. The van der Waals surface area contributed by atoms with E-state index in [9.17, 15) is 9.59 Å². The van der Waals surface area contributed by atoms with E-state index in [1.165, 1.54) is 25.1 Å². The molecular formula is C15H16N2O4S. The molecule has 0 aliphatic carbocycles. The average molecular weight is 320 g/mol. The monoisotopic (exact) mass is 320 g/mol. The summed E-state index contributed by atoms with van der Waals surface area (Å²) in [5.74, 6) is -0.176. The number of hydrogen-bond acceptors (Lipinski definition) is 6. The molecule has 116 valence electrons.